The molecule has 0 radical (unpaired) electrons. The van der Waals surface area contributed by atoms with Gasteiger partial charge in [0, 0.05) is 53.1 Å². The Bertz CT molecular complexity index is 2790. The molecule has 6 heterocycles. The number of aromatic nitrogens is 4. The van der Waals surface area contributed by atoms with E-state index in [1.165, 1.54) is 9.78 Å². The van der Waals surface area contributed by atoms with Crippen LogP contribution in [0.5, 0.6) is 0 Å². The highest BCUT2D eigenvalue weighted by molar-refractivity contribution is 7.15. The number of rotatable bonds is 14. The predicted octanol–water partition coefficient (Wildman–Crippen LogP) is 6.81. The molecule has 0 unspecified atom stereocenters. The lowest BCUT2D eigenvalue weighted by Crippen LogP contribution is -2.59. The van der Waals surface area contributed by atoms with Gasteiger partial charge in [0.2, 0.25) is 23.6 Å². The van der Waals surface area contributed by atoms with Crippen molar-refractivity contribution in [2.45, 2.75) is 136 Å². The number of aryl methyl sites for hydroxylation is 2. The third-order valence-electron chi connectivity index (χ3n) is 14.3. The molecule has 3 aliphatic heterocycles. The normalized spacial score (nSPS) is 22.4. The molecule has 4 amide bonds. The Morgan fingerprint density at radius 2 is 1.63 bits per heavy atom. The molecule has 3 aromatic heterocycles. The van der Waals surface area contributed by atoms with Crippen LogP contribution in [-0.4, -0.2) is 127 Å². The Morgan fingerprint density at radius 1 is 0.930 bits per heavy atom. The molecule has 0 spiro atoms. The Labute approximate surface area is 427 Å². The lowest BCUT2D eigenvalue weighted by molar-refractivity contribution is -0.144. The average molecular weight is 1020 g/mol. The summed E-state index contributed by atoms with van der Waals surface area (Å²) in [5.41, 5.74) is 7.94. The van der Waals surface area contributed by atoms with Crippen molar-refractivity contribution < 1.29 is 29.0 Å². The maximum absolute atomic E-state index is 14.3. The van der Waals surface area contributed by atoms with Crippen LogP contribution >= 0.6 is 34.3 Å². The summed E-state index contributed by atoms with van der Waals surface area (Å²) in [6.07, 6.45) is 4.04. The number of amides is 4. The Kier molecular flexibility index (Phi) is 15.0. The molecule has 5 aromatic rings. The van der Waals surface area contributed by atoms with Crippen molar-refractivity contribution in [3.63, 3.8) is 0 Å². The van der Waals surface area contributed by atoms with Crippen molar-refractivity contribution in [1.29, 1.82) is 0 Å². The number of nitrogens with one attached hydrogen (secondary N) is 3. The first kappa shape index (κ1) is 50.6. The van der Waals surface area contributed by atoms with Crippen molar-refractivity contribution in [1.82, 2.24) is 45.5 Å². The molecule has 1 saturated carbocycles. The molecule has 1 aliphatic carbocycles. The number of thiazole rings is 1. The molecule has 3 fully saturated rings. The number of hydrogen-bond donors (Lipinski definition) is 4. The average Bonchev–Trinajstić information content (AvgIpc) is 4.12. The summed E-state index contributed by atoms with van der Waals surface area (Å²) in [6, 6.07) is 12.9. The van der Waals surface area contributed by atoms with E-state index < -0.39 is 35.6 Å². The molecule has 4 aliphatic rings. The second-order valence-electron chi connectivity index (χ2n) is 20.6. The quantitative estimate of drug-likeness (QED) is 0.0918. The fraction of sp³-hybridized carbons (Fsp3) is 0.500. The number of ether oxygens (including phenoxy) is 1. The molecule has 0 bridgehead atoms. The molecule has 19 heteroatoms. The summed E-state index contributed by atoms with van der Waals surface area (Å²) in [5.74, 6) is -0.511. The number of carbonyl (C=O) groups is 4. The summed E-state index contributed by atoms with van der Waals surface area (Å²) >= 11 is 9.50. The zero-order valence-electron chi connectivity index (χ0n) is 41.3. The van der Waals surface area contributed by atoms with E-state index >= 15 is 0 Å². The number of halogens is 1. The number of aliphatic hydroxyl groups is 1. The Morgan fingerprint density at radius 3 is 2.31 bits per heavy atom. The number of hydrogen-bond acceptors (Lipinski definition) is 13. The number of thiophene rings is 1. The summed E-state index contributed by atoms with van der Waals surface area (Å²) in [5, 5.41) is 30.3. The van der Waals surface area contributed by atoms with Crippen molar-refractivity contribution in [3.8, 4) is 15.4 Å². The van der Waals surface area contributed by atoms with Crippen LogP contribution in [-0.2, 0) is 23.9 Å². The standard InChI is InChI=1S/C52H63ClN10O6S2/c1-28-31(4)71-51-44(28)45(33-12-14-35(53)15-13-33)58-40(48-60-55-26-63(48)51)23-42(65)57-36-20-39(21-36)69-38-16-18-61(19-17-38)25-43(66)59-47(52(5,6)7)50(68)62-24-37(64)22-41(62)49(67)56-29(2)32-8-10-34(11-9-32)46-30(3)54-27-70-46/h8-15,26-27,29,36-41,47,64H,16-25H2,1-7H3,(H,56,67)(H,57,65)(H,59,66)/t29-,36-,37+,39-,40-,41-,47+/m0/s1. The maximum atomic E-state index is 14.3. The molecule has 9 rings (SSSR count). The molecule has 71 heavy (non-hydrogen) atoms. The first-order chi connectivity index (χ1) is 33.9. The van der Waals surface area contributed by atoms with Crippen LogP contribution in [0.2, 0.25) is 5.02 Å². The number of aliphatic hydroxyl groups excluding tert-OH is 1. The largest absolute Gasteiger partial charge is 0.391 e. The van der Waals surface area contributed by atoms with Gasteiger partial charge in [-0.2, -0.15) is 0 Å². The smallest absolute Gasteiger partial charge is 0.246 e. The first-order valence-corrected chi connectivity index (χ1v) is 26.6. The second kappa shape index (κ2) is 21.0. The van der Waals surface area contributed by atoms with Crippen LogP contribution in [0.3, 0.4) is 0 Å². The highest BCUT2D eigenvalue weighted by Crippen LogP contribution is 2.39. The number of β-amino-alcohol motifs (C(OH)–C–C–N with tert-alkyl or cyclic N) is 1. The first-order valence-electron chi connectivity index (χ1n) is 24.5. The van der Waals surface area contributed by atoms with Crippen LogP contribution in [0, 0.1) is 26.2 Å². The van der Waals surface area contributed by atoms with Gasteiger partial charge in [-0.3, -0.25) is 33.6 Å². The predicted molar refractivity (Wildman–Crippen MR) is 275 cm³/mol. The van der Waals surface area contributed by atoms with Gasteiger partial charge >= 0.3 is 0 Å². The van der Waals surface area contributed by atoms with E-state index in [9.17, 15) is 24.3 Å². The molecule has 2 aromatic carbocycles. The third kappa shape index (κ3) is 11.2. The van der Waals surface area contributed by atoms with E-state index in [-0.39, 0.29) is 67.9 Å². The molecule has 16 nitrogen and oxygen atoms in total. The molecule has 5 atom stereocenters. The number of benzene rings is 2. The van der Waals surface area contributed by atoms with E-state index in [1.54, 1.807) is 29.0 Å². The van der Waals surface area contributed by atoms with Crippen LogP contribution in [0.25, 0.3) is 15.4 Å². The van der Waals surface area contributed by atoms with Gasteiger partial charge in [-0.25, -0.2) is 4.98 Å². The minimum atomic E-state index is -0.918. The molecule has 4 N–H and O–H groups in total. The van der Waals surface area contributed by atoms with Gasteiger partial charge in [-0.15, -0.1) is 32.9 Å². The minimum Gasteiger partial charge on any atom is -0.391 e. The molecular weight excluding hydrogens is 960 g/mol. The van der Waals surface area contributed by atoms with Crippen molar-refractivity contribution in [2.24, 2.45) is 10.4 Å². The number of nitrogens with zero attached hydrogens (tertiary/aromatic N) is 7. The zero-order chi connectivity index (χ0) is 50.3. The van der Waals surface area contributed by atoms with E-state index in [0.717, 1.165) is 61.9 Å². The highest BCUT2D eigenvalue weighted by atomic mass is 35.5. The van der Waals surface area contributed by atoms with Gasteiger partial charge in [0.1, 0.15) is 29.5 Å². The zero-order valence-corrected chi connectivity index (χ0v) is 43.7. The lowest BCUT2D eigenvalue weighted by atomic mass is 9.85. The third-order valence-corrected chi connectivity index (χ3v) is 16.7. The topological polar surface area (TPSA) is 196 Å². The number of likely N-dealkylation sites (tertiary alicyclic amines) is 2. The molecular formula is C52H63ClN10O6S2. The molecule has 2 saturated heterocycles. The summed E-state index contributed by atoms with van der Waals surface area (Å²) < 4.78 is 8.45. The fourth-order valence-corrected chi connectivity index (χ4v) is 12.2. The second-order valence-corrected chi connectivity index (χ2v) is 23.1. The maximum Gasteiger partial charge on any atom is 0.246 e. The SMILES string of the molecule is Cc1ncsc1-c1ccc([C@H](C)NC(=O)[C@@H]2C[C@@H](O)CN2C(=O)[C@@H](NC(=O)CN2CCC(O[C@H]3C[C@H](NC(=O)C[C@@H]4N=C(c5ccc(Cl)cc5)c5c(sc(C)c5C)-n5cnnc54)C3)CC2)C(C)(C)C)cc1. The number of fused-ring (bicyclic) bond motifs is 3. The van der Waals surface area contributed by atoms with Crippen LogP contribution < -0.4 is 16.0 Å². The highest BCUT2D eigenvalue weighted by Gasteiger charge is 2.45. The number of aliphatic imine (C=N–C) groups is 1. The van der Waals surface area contributed by atoms with Crippen molar-refractivity contribution in [3.05, 3.63) is 104 Å². The van der Waals surface area contributed by atoms with Gasteiger partial charge in [-0.1, -0.05) is 68.8 Å². The Balaban J connectivity index is 0.730. The van der Waals surface area contributed by atoms with E-state index in [4.69, 9.17) is 21.3 Å². The monoisotopic (exact) mass is 1020 g/mol. The van der Waals surface area contributed by atoms with Crippen molar-refractivity contribution >= 4 is 63.6 Å². The van der Waals surface area contributed by atoms with Crippen LogP contribution in [0.15, 0.2) is 65.4 Å². The van der Waals surface area contributed by atoms with E-state index in [2.05, 4.69) is 49.9 Å². The Hall–Kier alpha value is -5.37. The lowest BCUT2D eigenvalue weighted by Gasteiger charge is -2.40. The van der Waals surface area contributed by atoms with Gasteiger partial charge in [-0.05, 0) is 87.6 Å². The van der Waals surface area contributed by atoms with Gasteiger partial charge in [0.15, 0.2) is 5.82 Å². The van der Waals surface area contributed by atoms with Gasteiger partial charge < -0.3 is 30.7 Å². The van der Waals surface area contributed by atoms with Gasteiger partial charge in [0.25, 0.3) is 0 Å². The fourth-order valence-electron chi connectivity index (χ4n) is 10.1. The summed E-state index contributed by atoms with van der Waals surface area (Å²) in [4.78, 5) is 70.6. The van der Waals surface area contributed by atoms with E-state index in [1.807, 2.05) is 93.2 Å². The summed E-state index contributed by atoms with van der Waals surface area (Å²) in [7, 11) is 0. The summed E-state index contributed by atoms with van der Waals surface area (Å²) in [6.45, 7) is 15.1. The number of piperidine rings is 1. The number of carbonyl (C=O) groups excluding carboxylic acids is 4. The molecule has 376 valence electrons. The van der Waals surface area contributed by atoms with Gasteiger partial charge in [0.05, 0.1) is 59.1 Å². The van der Waals surface area contributed by atoms with Crippen LogP contribution in [0.1, 0.15) is 117 Å². The minimum absolute atomic E-state index is 0.00162. The van der Waals surface area contributed by atoms with E-state index in [0.29, 0.717) is 36.8 Å². The van der Waals surface area contributed by atoms with Crippen LogP contribution in [0.4, 0.5) is 0 Å². The van der Waals surface area contributed by atoms with Crippen molar-refractivity contribution in [2.75, 3.05) is 26.2 Å².